The molecule has 0 aromatic rings. The minimum absolute atomic E-state index is 0.102. The predicted molar refractivity (Wildman–Crippen MR) is 57.9 cm³/mol. The number of hydrogen-bond donors (Lipinski definition) is 0. The minimum Gasteiger partial charge on any atom is -0.297 e. The van der Waals surface area contributed by atoms with Crippen LogP contribution in [0.3, 0.4) is 0 Å². The van der Waals surface area contributed by atoms with Crippen LogP contribution in [-0.2, 0) is 4.79 Å². The van der Waals surface area contributed by atoms with Gasteiger partial charge in [0.05, 0.1) is 0 Å². The molecule has 0 bridgehead atoms. The molecule has 0 radical (unpaired) electrons. The molecule has 12 heavy (non-hydrogen) atoms. The van der Waals surface area contributed by atoms with Crippen LogP contribution >= 0.6 is 23.5 Å². The van der Waals surface area contributed by atoms with Crippen molar-refractivity contribution in [3.05, 3.63) is 0 Å². The molecule has 0 aromatic heterocycles. The summed E-state index contributed by atoms with van der Waals surface area (Å²) < 4.78 is -0.102. The van der Waals surface area contributed by atoms with Gasteiger partial charge in [-0.25, -0.2) is 0 Å². The van der Waals surface area contributed by atoms with E-state index in [1.54, 1.807) is 0 Å². The Morgan fingerprint density at radius 2 is 2.00 bits per heavy atom. The summed E-state index contributed by atoms with van der Waals surface area (Å²) >= 11 is 3.63. The largest absolute Gasteiger partial charge is 0.297 e. The van der Waals surface area contributed by atoms with Crippen molar-refractivity contribution in [2.75, 3.05) is 11.5 Å². The number of rotatable bonds is 4. The Kier molecular flexibility index (Phi) is 3.97. The van der Waals surface area contributed by atoms with Gasteiger partial charge in [-0.1, -0.05) is 13.3 Å². The Morgan fingerprint density at radius 1 is 1.42 bits per heavy atom. The van der Waals surface area contributed by atoms with E-state index >= 15 is 0 Å². The molecule has 1 aliphatic rings. The van der Waals surface area contributed by atoms with E-state index in [1.807, 2.05) is 23.5 Å². The fraction of sp³-hybridized carbons (Fsp3) is 0.889. The number of unbranched alkanes of at least 4 members (excludes halogenated alkanes) is 1. The van der Waals surface area contributed by atoms with Gasteiger partial charge in [0.15, 0.2) is 5.78 Å². The zero-order chi connectivity index (χ0) is 9.03. The van der Waals surface area contributed by atoms with Crippen LogP contribution in [0.25, 0.3) is 0 Å². The summed E-state index contributed by atoms with van der Waals surface area (Å²) in [5, 5.41) is 0. The molecule has 1 aliphatic heterocycles. The Hall–Kier alpha value is 0.370. The van der Waals surface area contributed by atoms with E-state index in [0.717, 1.165) is 30.8 Å². The first kappa shape index (κ1) is 10.5. The van der Waals surface area contributed by atoms with Crippen LogP contribution in [0.4, 0.5) is 0 Å². The highest BCUT2D eigenvalue weighted by molar-refractivity contribution is 8.22. The predicted octanol–water partition coefficient (Wildman–Crippen LogP) is 2.94. The lowest BCUT2D eigenvalue weighted by Gasteiger charge is -2.19. The molecule has 0 unspecified atom stereocenters. The first-order valence-electron chi connectivity index (χ1n) is 4.50. The number of Topliss-reactive ketones (excluding diaryl/α,β-unsaturated/α-hetero) is 1. The van der Waals surface area contributed by atoms with Gasteiger partial charge in [0.25, 0.3) is 0 Å². The summed E-state index contributed by atoms with van der Waals surface area (Å²) in [6, 6.07) is 0. The summed E-state index contributed by atoms with van der Waals surface area (Å²) in [5.41, 5.74) is 0. The van der Waals surface area contributed by atoms with Crippen LogP contribution in [-0.4, -0.2) is 21.4 Å². The second kappa shape index (κ2) is 4.56. The molecule has 3 heteroatoms. The molecule has 0 aromatic carbocycles. The molecule has 70 valence electrons. The molecule has 0 saturated carbocycles. The van der Waals surface area contributed by atoms with Gasteiger partial charge in [-0.2, -0.15) is 0 Å². The van der Waals surface area contributed by atoms with Gasteiger partial charge in [0, 0.05) is 17.9 Å². The molecule has 1 rings (SSSR count). The smallest absolute Gasteiger partial charge is 0.158 e. The van der Waals surface area contributed by atoms with E-state index in [-0.39, 0.29) is 4.08 Å². The molecular formula is C9H16OS2. The number of carbonyl (C=O) groups is 1. The highest BCUT2D eigenvalue weighted by Gasteiger charge is 2.36. The number of thioether (sulfide) groups is 2. The number of hydrogen-bond acceptors (Lipinski definition) is 3. The second-order valence-corrected chi connectivity index (χ2v) is 6.45. The summed E-state index contributed by atoms with van der Waals surface area (Å²) in [6.07, 6.45) is 2.94. The first-order chi connectivity index (χ1) is 5.69. The van der Waals surface area contributed by atoms with Crippen LogP contribution in [0.1, 0.15) is 33.1 Å². The molecule has 1 saturated heterocycles. The maximum Gasteiger partial charge on any atom is 0.158 e. The van der Waals surface area contributed by atoms with Gasteiger partial charge < -0.3 is 0 Å². The van der Waals surface area contributed by atoms with E-state index in [1.165, 1.54) is 0 Å². The topological polar surface area (TPSA) is 17.1 Å². The highest BCUT2D eigenvalue weighted by Crippen LogP contribution is 2.44. The van der Waals surface area contributed by atoms with Gasteiger partial charge in [-0.15, -0.1) is 23.5 Å². The minimum atomic E-state index is -0.102. The van der Waals surface area contributed by atoms with E-state index in [9.17, 15) is 4.79 Å². The monoisotopic (exact) mass is 204 g/mol. The van der Waals surface area contributed by atoms with Crippen LogP contribution in [0, 0.1) is 0 Å². The maximum absolute atomic E-state index is 11.7. The van der Waals surface area contributed by atoms with E-state index < -0.39 is 0 Å². The third-order valence-corrected chi connectivity index (χ3v) is 5.44. The van der Waals surface area contributed by atoms with Crippen molar-refractivity contribution in [3.63, 3.8) is 0 Å². The zero-order valence-corrected chi connectivity index (χ0v) is 9.39. The highest BCUT2D eigenvalue weighted by atomic mass is 32.2. The molecule has 1 nitrogen and oxygen atoms in total. The van der Waals surface area contributed by atoms with Crippen molar-refractivity contribution in [1.82, 2.24) is 0 Å². The third kappa shape index (κ3) is 2.43. The van der Waals surface area contributed by atoms with Crippen molar-refractivity contribution in [1.29, 1.82) is 0 Å². The van der Waals surface area contributed by atoms with Crippen molar-refractivity contribution < 1.29 is 4.79 Å². The molecule has 0 N–H and O–H groups in total. The fourth-order valence-corrected chi connectivity index (χ4v) is 4.05. The lowest BCUT2D eigenvalue weighted by atomic mass is 10.1. The van der Waals surface area contributed by atoms with Crippen LogP contribution in [0.15, 0.2) is 0 Å². The lowest BCUT2D eigenvalue weighted by molar-refractivity contribution is -0.119. The summed E-state index contributed by atoms with van der Waals surface area (Å²) in [6.45, 7) is 4.21. The average Bonchev–Trinajstić information content (AvgIpc) is 2.49. The van der Waals surface area contributed by atoms with Gasteiger partial charge in [0.2, 0.25) is 0 Å². The average molecular weight is 204 g/mol. The molecule has 0 amide bonds. The Balaban J connectivity index is 2.39. The molecule has 0 atom stereocenters. The summed E-state index contributed by atoms with van der Waals surface area (Å²) in [5.74, 6) is 2.72. The third-order valence-electron chi connectivity index (χ3n) is 2.10. The van der Waals surface area contributed by atoms with Crippen LogP contribution in [0.2, 0.25) is 0 Å². The lowest BCUT2D eigenvalue weighted by Crippen LogP contribution is -2.24. The van der Waals surface area contributed by atoms with E-state index in [4.69, 9.17) is 0 Å². The van der Waals surface area contributed by atoms with Crippen molar-refractivity contribution in [2.45, 2.75) is 37.2 Å². The van der Waals surface area contributed by atoms with Gasteiger partial charge in [0.1, 0.15) is 4.08 Å². The Morgan fingerprint density at radius 3 is 2.50 bits per heavy atom. The molecule has 0 spiro atoms. The SMILES string of the molecule is CCCCC(=O)C1(C)SCCS1. The van der Waals surface area contributed by atoms with E-state index in [0.29, 0.717) is 5.78 Å². The van der Waals surface area contributed by atoms with Crippen molar-refractivity contribution in [2.24, 2.45) is 0 Å². The van der Waals surface area contributed by atoms with E-state index in [2.05, 4.69) is 13.8 Å². The number of carbonyl (C=O) groups excluding carboxylic acids is 1. The van der Waals surface area contributed by atoms with Gasteiger partial charge in [-0.3, -0.25) is 4.79 Å². The molecule has 0 aliphatic carbocycles. The Labute approximate surface area is 83.1 Å². The standard InChI is InChI=1S/C9H16OS2/c1-3-4-5-8(10)9(2)11-6-7-12-9/h3-7H2,1-2H3. The molecule has 1 fully saturated rings. The van der Waals surface area contributed by atoms with Gasteiger partial charge >= 0.3 is 0 Å². The van der Waals surface area contributed by atoms with Crippen LogP contribution < -0.4 is 0 Å². The summed E-state index contributed by atoms with van der Waals surface area (Å²) in [4.78, 5) is 11.7. The first-order valence-corrected chi connectivity index (χ1v) is 6.47. The van der Waals surface area contributed by atoms with Crippen LogP contribution in [0.5, 0.6) is 0 Å². The van der Waals surface area contributed by atoms with Crippen molar-refractivity contribution in [3.8, 4) is 0 Å². The zero-order valence-electron chi connectivity index (χ0n) is 7.76. The normalized spacial score (nSPS) is 21.2. The maximum atomic E-state index is 11.7. The second-order valence-electron chi connectivity index (χ2n) is 3.17. The summed E-state index contributed by atoms with van der Waals surface area (Å²) in [7, 11) is 0. The van der Waals surface area contributed by atoms with Gasteiger partial charge in [-0.05, 0) is 13.3 Å². The number of ketones is 1. The Bertz CT molecular complexity index is 162. The fourth-order valence-electron chi connectivity index (χ4n) is 1.24. The van der Waals surface area contributed by atoms with Crippen molar-refractivity contribution >= 4 is 29.3 Å². The molecule has 1 heterocycles. The molecular weight excluding hydrogens is 188 g/mol. The quantitative estimate of drug-likeness (QED) is 0.701.